The molecule has 2 heterocycles. The van der Waals surface area contributed by atoms with Crippen LogP contribution in [0.25, 0.3) is 17.4 Å². The van der Waals surface area contributed by atoms with Crippen molar-refractivity contribution in [2.45, 2.75) is 6.54 Å². The standard InChI is InChI=1S/C19H14N2O3/c20-12-15(19(22)21-13-17-7-4-10-23-17)11-16-8-9-18(24-16)14-5-2-1-3-6-14/h1-11H,13H2,(H,21,22). The van der Waals surface area contributed by atoms with E-state index in [1.807, 2.05) is 36.4 Å². The van der Waals surface area contributed by atoms with E-state index in [4.69, 9.17) is 8.83 Å². The summed E-state index contributed by atoms with van der Waals surface area (Å²) in [5.41, 5.74) is 0.897. The van der Waals surface area contributed by atoms with Crippen molar-refractivity contribution in [3.63, 3.8) is 0 Å². The van der Waals surface area contributed by atoms with Gasteiger partial charge in [-0.3, -0.25) is 4.79 Å². The molecule has 24 heavy (non-hydrogen) atoms. The first-order valence-corrected chi connectivity index (χ1v) is 7.34. The molecule has 5 nitrogen and oxygen atoms in total. The number of benzene rings is 1. The molecule has 0 bridgehead atoms. The fourth-order valence-corrected chi connectivity index (χ4v) is 2.15. The highest BCUT2D eigenvalue weighted by Crippen LogP contribution is 2.23. The van der Waals surface area contributed by atoms with E-state index in [1.165, 1.54) is 12.3 Å². The molecule has 0 aliphatic heterocycles. The lowest BCUT2D eigenvalue weighted by Gasteiger charge is -2.01. The molecule has 0 aliphatic rings. The molecule has 118 valence electrons. The Morgan fingerprint density at radius 2 is 1.96 bits per heavy atom. The summed E-state index contributed by atoms with van der Waals surface area (Å²) in [6.45, 7) is 0.221. The topological polar surface area (TPSA) is 79.2 Å². The van der Waals surface area contributed by atoms with Gasteiger partial charge in [-0.05, 0) is 24.3 Å². The molecule has 3 rings (SSSR count). The molecule has 0 fully saturated rings. The summed E-state index contributed by atoms with van der Waals surface area (Å²) < 4.78 is 10.8. The number of furan rings is 2. The highest BCUT2D eigenvalue weighted by atomic mass is 16.3. The number of carbonyl (C=O) groups is 1. The van der Waals surface area contributed by atoms with Crippen molar-refractivity contribution < 1.29 is 13.6 Å². The fraction of sp³-hybridized carbons (Fsp3) is 0.0526. The van der Waals surface area contributed by atoms with Crippen LogP contribution in [0.15, 0.2) is 75.3 Å². The van der Waals surface area contributed by atoms with Gasteiger partial charge in [0.2, 0.25) is 0 Å². The van der Waals surface area contributed by atoms with Crippen LogP contribution in [0.3, 0.4) is 0 Å². The third-order valence-corrected chi connectivity index (χ3v) is 3.34. The maximum absolute atomic E-state index is 12.1. The van der Waals surface area contributed by atoms with E-state index < -0.39 is 5.91 Å². The summed E-state index contributed by atoms with van der Waals surface area (Å²) in [5.74, 6) is 1.25. The zero-order valence-corrected chi connectivity index (χ0v) is 12.7. The zero-order valence-electron chi connectivity index (χ0n) is 12.7. The highest BCUT2D eigenvalue weighted by molar-refractivity contribution is 6.01. The van der Waals surface area contributed by atoms with E-state index in [0.717, 1.165) is 5.56 Å². The summed E-state index contributed by atoms with van der Waals surface area (Å²) >= 11 is 0. The van der Waals surface area contributed by atoms with Crippen LogP contribution in [-0.2, 0) is 11.3 Å². The lowest BCUT2D eigenvalue weighted by Crippen LogP contribution is -2.23. The summed E-state index contributed by atoms with van der Waals surface area (Å²) in [4.78, 5) is 12.1. The van der Waals surface area contributed by atoms with Gasteiger partial charge in [-0.1, -0.05) is 30.3 Å². The van der Waals surface area contributed by atoms with Gasteiger partial charge in [-0.25, -0.2) is 0 Å². The quantitative estimate of drug-likeness (QED) is 0.574. The number of rotatable bonds is 5. The van der Waals surface area contributed by atoms with Gasteiger partial charge in [-0.15, -0.1) is 0 Å². The summed E-state index contributed by atoms with van der Waals surface area (Å²) in [6, 6.07) is 18.5. The first-order valence-electron chi connectivity index (χ1n) is 7.34. The average molecular weight is 318 g/mol. The number of hydrogen-bond donors (Lipinski definition) is 1. The molecule has 0 spiro atoms. The Morgan fingerprint density at radius 1 is 1.12 bits per heavy atom. The van der Waals surface area contributed by atoms with Crippen LogP contribution in [0.1, 0.15) is 11.5 Å². The summed E-state index contributed by atoms with van der Waals surface area (Å²) in [7, 11) is 0. The minimum Gasteiger partial charge on any atom is -0.467 e. The molecule has 0 radical (unpaired) electrons. The molecule has 2 aromatic heterocycles. The first kappa shape index (κ1) is 15.4. The van der Waals surface area contributed by atoms with Crippen LogP contribution >= 0.6 is 0 Å². The number of amides is 1. The highest BCUT2D eigenvalue weighted by Gasteiger charge is 2.11. The van der Waals surface area contributed by atoms with Crippen molar-refractivity contribution in [1.29, 1.82) is 5.26 Å². The monoisotopic (exact) mass is 318 g/mol. The molecular formula is C19H14N2O3. The summed E-state index contributed by atoms with van der Waals surface area (Å²) in [5, 5.41) is 11.8. The molecule has 0 atom stereocenters. The smallest absolute Gasteiger partial charge is 0.262 e. The van der Waals surface area contributed by atoms with Gasteiger partial charge in [0.1, 0.15) is 28.9 Å². The number of nitrogens with zero attached hydrogens (tertiary/aromatic N) is 1. The SMILES string of the molecule is N#CC(=Cc1ccc(-c2ccccc2)o1)C(=O)NCc1ccco1. The third kappa shape index (κ3) is 3.62. The van der Waals surface area contributed by atoms with Gasteiger partial charge in [0, 0.05) is 11.6 Å². The Morgan fingerprint density at radius 3 is 2.67 bits per heavy atom. The minimum atomic E-state index is -0.480. The number of carbonyl (C=O) groups excluding carboxylic acids is 1. The number of hydrogen-bond acceptors (Lipinski definition) is 4. The van der Waals surface area contributed by atoms with Crippen LogP contribution < -0.4 is 5.32 Å². The molecule has 1 aromatic carbocycles. The van der Waals surface area contributed by atoms with Gasteiger partial charge >= 0.3 is 0 Å². The first-order chi connectivity index (χ1) is 11.8. The Bertz CT molecular complexity index is 884. The number of nitriles is 1. The molecule has 0 saturated heterocycles. The molecule has 0 saturated carbocycles. The van der Waals surface area contributed by atoms with Crippen LogP contribution in [0, 0.1) is 11.3 Å². The second-order valence-electron chi connectivity index (χ2n) is 5.00. The van der Waals surface area contributed by atoms with E-state index in [1.54, 1.807) is 24.3 Å². The van der Waals surface area contributed by atoms with Crippen LogP contribution in [0.4, 0.5) is 0 Å². The van der Waals surface area contributed by atoms with Gasteiger partial charge in [0.15, 0.2) is 0 Å². The minimum absolute atomic E-state index is 0.0319. The average Bonchev–Trinajstić information content (AvgIpc) is 3.30. The molecule has 1 N–H and O–H groups in total. The Hall–Kier alpha value is -3.52. The molecule has 0 aliphatic carbocycles. The normalized spacial score (nSPS) is 11.0. The predicted molar refractivity (Wildman–Crippen MR) is 88.3 cm³/mol. The zero-order chi connectivity index (χ0) is 16.8. The molecule has 3 aromatic rings. The van der Waals surface area contributed by atoms with Crippen molar-refractivity contribution in [2.24, 2.45) is 0 Å². The van der Waals surface area contributed by atoms with Crippen molar-refractivity contribution in [3.8, 4) is 17.4 Å². The molecule has 5 heteroatoms. The largest absolute Gasteiger partial charge is 0.467 e. The Kier molecular flexibility index (Phi) is 4.59. The number of nitrogens with one attached hydrogen (secondary N) is 1. The van der Waals surface area contributed by atoms with Gasteiger partial charge in [0.25, 0.3) is 5.91 Å². The lowest BCUT2D eigenvalue weighted by molar-refractivity contribution is -0.117. The van der Waals surface area contributed by atoms with E-state index in [0.29, 0.717) is 17.3 Å². The van der Waals surface area contributed by atoms with Crippen molar-refractivity contribution in [2.75, 3.05) is 0 Å². The van der Waals surface area contributed by atoms with E-state index in [9.17, 15) is 10.1 Å². The second-order valence-corrected chi connectivity index (χ2v) is 5.00. The van der Waals surface area contributed by atoms with Crippen molar-refractivity contribution >= 4 is 12.0 Å². The van der Waals surface area contributed by atoms with Gasteiger partial charge < -0.3 is 14.2 Å². The molecular weight excluding hydrogens is 304 g/mol. The Balaban J connectivity index is 1.72. The van der Waals surface area contributed by atoms with E-state index in [-0.39, 0.29) is 12.1 Å². The lowest BCUT2D eigenvalue weighted by atomic mass is 10.2. The maximum Gasteiger partial charge on any atom is 0.262 e. The van der Waals surface area contributed by atoms with Crippen LogP contribution in [0.5, 0.6) is 0 Å². The molecule has 1 amide bonds. The summed E-state index contributed by atoms with van der Waals surface area (Å²) in [6.07, 6.45) is 2.94. The van der Waals surface area contributed by atoms with Crippen LogP contribution in [-0.4, -0.2) is 5.91 Å². The van der Waals surface area contributed by atoms with E-state index >= 15 is 0 Å². The fourth-order valence-electron chi connectivity index (χ4n) is 2.15. The molecule has 0 unspecified atom stereocenters. The second kappa shape index (κ2) is 7.16. The maximum atomic E-state index is 12.1. The predicted octanol–water partition coefficient (Wildman–Crippen LogP) is 3.76. The van der Waals surface area contributed by atoms with Gasteiger partial charge in [-0.2, -0.15) is 5.26 Å². The van der Waals surface area contributed by atoms with Gasteiger partial charge in [0.05, 0.1) is 12.8 Å². The van der Waals surface area contributed by atoms with Crippen molar-refractivity contribution in [1.82, 2.24) is 5.32 Å². The Labute approximate surface area is 138 Å². The van der Waals surface area contributed by atoms with Crippen molar-refractivity contribution in [3.05, 3.63) is 78.0 Å². The van der Waals surface area contributed by atoms with E-state index in [2.05, 4.69) is 5.32 Å². The van der Waals surface area contributed by atoms with Crippen LogP contribution in [0.2, 0.25) is 0 Å². The third-order valence-electron chi connectivity index (χ3n) is 3.34.